The van der Waals surface area contributed by atoms with E-state index in [-0.39, 0.29) is 5.56 Å². The molecular weight excluding hydrogens is 230 g/mol. The Morgan fingerprint density at radius 1 is 1.22 bits per heavy atom. The van der Waals surface area contributed by atoms with Crippen molar-refractivity contribution < 1.29 is 9.90 Å². The molecule has 0 fully saturated rings. The van der Waals surface area contributed by atoms with Gasteiger partial charge in [0, 0.05) is 12.4 Å². The minimum Gasteiger partial charge on any atom is -0.477 e. The quantitative estimate of drug-likeness (QED) is 0.743. The molecule has 0 bridgehead atoms. The van der Waals surface area contributed by atoms with Gasteiger partial charge in [-0.25, -0.2) is 14.8 Å². The molecule has 0 amide bonds. The van der Waals surface area contributed by atoms with Crippen LogP contribution in [0.1, 0.15) is 10.4 Å². The monoisotopic (exact) mass is 239 g/mol. The van der Waals surface area contributed by atoms with Crippen LogP contribution < -0.4 is 0 Å². The second-order valence-corrected chi connectivity index (χ2v) is 3.81. The number of aromatic carboxylic acids is 1. The topological polar surface area (TPSA) is 68.0 Å². The molecule has 5 nitrogen and oxygen atoms in total. The van der Waals surface area contributed by atoms with Crippen molar-refractivity contribution in [1.29, 1.82) is 0 Å². The van der Waals surface area contributed by atoms with E-state index in [0.29, 0.717) is 5.82 Å². The smallest absolute Gasteiger partial charge is 0.341 e. The molecule has 1 N–H and O–H groups in total. The predicted octanol–water partition coefficient (Wildman–Crippen LogP) is 2.12. The first-order valence-corrected chi connectivity index (χ1v) is 5.37. The first-order valence-electron chi connectivity index (χ1n) is 5.37. The number of fused-ring (bicyclic) bond motifs is 1. The van der Waals surface area contributed by atoms with E-state index >= 15 is 0 Å². The normalized spacial score (nSPS) is 10.7. The van der Waals surface area contributed by atoms with Crippen LogP contribution in [0.4, 0.5) is 0 Å². The molecule has 0 aliphatic heterocycles. The average molecular weight is 239 g/mol. The van der Waals surface area contributed by atoms with Crippen LogP contribution in [0.5, 0.6) is 0 Å². The largest absolute Gasteiger partial charge is 0.477 e. The molecule has 2 heterocycles. The van der Waals surface area contributed by atoms with E-state index in [2.05, 4.69) is 9.97 Å². The molecule has 5 heteroatoms. The van der Waals surface area contributed by atoms with Crippen LogP contribution in [0.25, 0.3) is 16.7 Å². The Morgan fingerprint density at radius 2 is 2.06 bits per heavy atom. The Hall–Kier alpha value is -2.69. The zero-order valence-corrected chi connectivity index (χ0v) is 9.32. The first kappa shape index (κ1) is 10.5. The molecule has 0 aliphatic rings. The molecule has 0 spiro atoms. The van der Waals surface area contributed by atoms with Crippen molar-refractivity contribution in [2.75, 3.05) is 0 Å². The van der Waals surface area contributed by atoms with Crippen LogP contribution in [0.2, 0.25) is 0 Å². The summed E-state index contributed by atoms with van der Waals surface area (Å²) in [7, 11) is 0. The molecule has 0 radical (unpaired) electrons. The van der Waals surface area contributed by atoms with Gasteiger partial charge in [-0.3, -0.25) is 0 Å². The van der Waals surface area contributed by atoms with Gasteiger partial charge in [-0.05, 0) is 17.5 Å². The fourth-order valence-electron chi connectivity index (χ4n) is 1.93. The zero-order valence-electron chi connectivity index (χ0n) is 9.32. The van der Waals surface area contributed by atoms with E-state index in [0.717, 1.165) is 10.9 Å². The molecule has 3 aromatic rings. The van der Waals surface area contributed by atoms with Crippen LogP contribution in [0.15, 0.2) is 49.1 Å². The third-order valence-electron chi connectivity index (χ3n) is 2.75. The number of para-hydroxylation sites is 1. The van der Waals surface area contributed by atoms with Gasteiger partial charge in [-0.15, -0.1) is 0 Å². The summed E-state index contributed by atoms with van der Waals surface area (Å²) in [6.07, 6.45) is 4.45. The standard InChI is InChI=1S/C13H9N3O2/c17-13(18)10-7-14-8-15-12(10)16-6-5-9-3-1-2-4-11(9)16/h1-8H,(H,17,18). The number of aromatic nitrogens is 3. The Kier molecular flexibility index (Phi) is 2.30. The van der Waals surface area contributed by atoms with Crippen LogP contribution >= 0.6 is 0 Å². The number of carbonyl (C=O) groups is 1. The van der Waals surface area contributed by atoms with Crippen molar-refractivity contribution in [1.82, 2.24) is 14.5 Å². The zero-order chi connectivity index (χ0) is 12.5. The number of hydrogen-bond acceptors (Lipinski definition) is 3. The Morgan fingerprint density at radius 3 is 2.89 bits per heavy atom. The van der Waals surface area contributed by atoms with Crippen molar-refractivity contribution >= 4 is 16.9 Å². The highest BCUT2D eigenvalue weighted by atomic mass is 16.4. The Balaban J connectivity index is 2.30. The predicted molar refractivity (Wildman–Crippen MR) is 65.8 cm³/mol. The highest BCUT2D eigenvalue weighted by Gasteiger charge is 2.14. The van der Waals surface area contributed by atoms with E-state index in [1.165, 1.54) is 12.5 Å². The number of benzene rings is 1. The summed E-state index contributed by atoms with van der Waals surface area (Å²) in [5.74, 6) is -0.665. The van der Waals surface area contributed by atoms with Crippen LogP contribution in [-0.4, -0.2) is 25.6 Å². The van der Waals surface area contributed by atoms with Crippen molar-refractivity contribution in [3.8, 4) is 5.82 Å². The minimum absolute atomic E-state index is 0.0823. The SMILES string of the molecule is O=C(O)c1cncnc1-n1ccc2ccccc21. The molecule has 3 rings (SSSR count). The first-order chi connectivity index (χ1) is 8.77. The van der Waals surface area contributed by atoms with Gasteiger partial charge in [0.25, 0.3) is 0 Å². The summed E-state index contributed by atoms with van der Waals surface area (Å²) >= 11 is 0. The number of rotatable bonds is 2. The number of carboxylic acids is 1. The lowest BCUT2D eigenvalue weighted by atomic mass is 10.2. The lowest BCUT2D eigenvalue weighted by Crippen LogP contribution is -2.07. The van der Waals surface area contributed by atoms with Gasteiger partial charge in [0.15, 0.2) is 5.82 Å². The molecule has 88 valence electrons. The molecule has 0 atom stereocenters. The second-order valence-electron chi connectivity index (χ2n) is 3.81. The third kappa shape index (κ3) is 1.53. The summed E-state index contributed by atoms with van der Waals surface area (Å²) in [5.41, 5.74) is 0.998. The average Bonchev–Trinajstić information content (AvgIpc) is 2.82. The number of carboxylic acid groups (broad SMARTS) is 1. The van der Waals surface area contributed by atoms with Crippen molar-refractivity contribution in [2.24, 2.45) is 0 Å². The molecule has 2 aromatic heterocycles. The van der Waals surface area contributed by atoms with Gasteiger partial charge >= 0.3 is 5.97 Å². The maximum Gasteiger partial charge on any atom is 0.341 e. The van der Waals surface area contributed by atoms with Crippen LogP contribution in [0, 0.1) is 0 Å². The molecule has 0 aliphatic carbocycles. The van der Waals surface area contributed by atoms with E-state index < -0.39 is 5.97 Å². The highest BCUT2D eigenvalue weighted by Crippen LogP contribution is 2.20. The van der Waals surface area contributed by atoms with Gasteiger partial charge in [0.1, 0.15) is 11.9 Å². The molecule has 0 saturated heterocycles. The summed E-state index contributed by atoms with van der Waals surface area (Å²) in [4.78, 5) is 19.0. The van der Waals surface area contributed by atoms with Gasteiger partial charge in [-0.1, -0.05) is 18.2 Å². The van der Waals surface area contributed by atoms with Crippen LogP contribution in [-0.2, 0) is 0 Å². The van der Waals surface area contributed by atoms with Crippen molar-refractivity contribution in [3.63, 3.8) is 0 Å². The van der Waals surface area contributed by atoms with Gasteiger partial charge < -0.3 is 9.67 Å². The fourth-order valence-corrected chi connectivity index (χ4v) is 1.93. The highest BCUT2D eigenvalue weighted by molar-refractivity contribution is 5.92. The lowest BCUT2D eigenvalue weighted by molar-refractivity contribution is 0.0696. The van der Waals surface area contributed by atoms with Crippen molar-refractivity contribution in [3.05, 3.63) is 54.6 Å². The summed E-state index contributed by atoms with van der Waals surface area (Å²) in [5, 5.41) is 10.2. The van der Waals surface area contributed by atoms with Gasteiger partial charge in [-0.2, -0.15) is 0 Å². The van der Waals surface area contributed by atoms with E-state index in [1.54, 1.807) is 10.8 Å². The maximum absolute atomic E-state index is 11.2. The lowest BCUT2D eigenvalue weighted by Gasteiger charge is -2.06. The van der Waals surface area contributed by atoms with Gasteiger partial charge in [0.2, 0.25) is 0 Å². The summed E-state index contributed by atoms with van der Waals surface area (Å²) in [6.45, 7) is 0. The van der Waals surface area contributed by atoms with E-state index in [4.69, 9.17) is 5.11 Å². The summed E-state index contributed by atoms with van der Waals surface area (Å²) < 4.78 is 1.75. The molecular formula is C13H9N3O2. The Labute approximate surface area is 102 Å². The second kappa shape index (κ2) is 3.96. The third-order valence-corrected chi connectivity index (χ3v) is 2.75. The van der Waals surface area contributed by atoms with E-state index in [1.807, 2.05) is 30.3 Å². The molecule has 0 saturated carbocycles. The van der Waals surface area contributed by atoms with E-state index in [9.17, 15) is 4.79 Å². The number of hydrogen-bond donors (Lipinski definition) is 1. The number of nitrogens with zero attached hydrogens (tertiary/aromatic N) is 3. The molecule has 1 aromatic carbocycles. The molecule has 18 heavy (non-hydrogen) atoms. The van der Waals surface area contributed by atoms with Crippen LogP contribution in [0.3, 0.4) is 0 Å². The van der Waals surface area contributed by atoms with Crippen molar-refractivity contribution in [2.45, 2.75) is 0 Å². The maximum atomic E-state index is 11.2. The molecule has 0 unspecified atom stereocenters. The van der Waals surface area contributed by atoms with Gasteiger partial charge in [0.05, 0.1) is 5.52 Å². The Bertz CT molecular complexity index is 734. The fraction of sp³-hybridized carbons (Fsp3) is 0. The summed E-state index contributed by atoms with van der Waals surface area (Å²) in [6, 6.07) is 9.64. The minimum atomic E-state index is -1.04.